The third kappa shape index (κ3) is 12.6. The fraction of sp³-hybridized carbons (Fsp3) is 0.426. The van der Waals surface area contributed by atoms with Crippen LogP contribution in [-0.4, -0.2) is 77.7 Å². The number of aromatic amines is 1. The Morgan fingerprint density at radius 3 is 1.73 bits per heavy atom. The van der Waals surface area contributed by atoms with Crippen LogP contribution in [0.3, 0.4) is 0 Å². The predicted molar refractivity (Wildman–Crippen MR) is 306 cm³/mol. The Bertz CT molecular complexity index is 3060. The highest BCUT2D eigenvalue weighted by Crippen LogP contribution is 2.50. The summed E-state index contributed by atoms with van der Waals surface area (Å²) < 4.78 is 26.4. The van der Waals surface area contributed by atoms with E-state index in [9.17, 15) is 19.5 Å². The number of methoxy groups -OCH3 is 1. The zero-order valence-corrected chi connectivity index (χ0v) is 51.4. The van der Waals surface area contributed by atoms with E-state index in [4.69, 9.17) is 64.4 Å². The summed E-state index contributed by atoms with van der Waals surface area (Å²) in [6.45, 7) is 31.4. The van der Waals surface area contributed by atoms with Crippen molar-refractivity contribution < 1.29 is 47.1 Å². The molecule has 3 atom stereocenters. The molecule has 1 aromatic heterocycles. The van der Waals surface area contributed by atoms with E-state index >= 15 is 9.59 Å². The maximum absolute atomic E-state index is 15.3. The molecule has 5 aromatic rings. The van der Waals surface area contributed by atoms with Crippen LogP contribution in [-0.2, 0) is 30.3 Å². The summed E-state index contributed by atoms with van der Waals surface area (Å²) in [7, 11) is -6.68. The van der Waals surface area contributed by atoms with Gasteiger partial charge in [-0.15, -0.1) is 0 Å². The number of aromatic nitrogens is 1. The average Bonchev–Trinajstić information content (AvgIpc) is 3.69. The first-order valence-corrected chi connectivity index (χ1v) is 34.7. The lowest BCUT2D eigenvalue weighted by Gasteiger charge is -2.40. The number of carbonyl (C=O) groups is 5. The number of carbonyl (C=O) groups excluding carboxylic acids is 5. The molecule has 6 bridgehead atoms. The van der Waals surface area contributed by atoms with Crippen molar-refractivity contribution in [2.45, 2.75) is 141 Å². The van der Waals surface area contributed by atoms with Gasteiger partial charge in [0.15, 0.2) is 17.5 Å². The number of halogens is 4. The SMILES string of the molecule is COC(=O)[C@@H]1NC(=O)[C@@H](c2cc(Cl)c(O[Si](C)(C)C(C)(C)C)c(Cl)c2)NC(=O)[C@H](NC(=O)C(=O)c2cc(Cl)c(O)c(Cl)c2)Cc2c[nH]c3cc(ccc23)-c2cc1cc(O[Si](C)(C)C(C)(C)C)c2O[Si](C)(C)C(C)(C)C. The Kier molecular flexibility index (Phi) is 16.9. The number of nitrogens with one attached hydrogen (secondary N) is 4. The first-order valence-electron chi connectivity index (χ1n) is 24.4. The first-order chi connectivity index (χ1) is 34.4. The van der Waals surface area contributed by atoms with Gasteiger partial charge in [-0.05, 0) is 119 Å². The average molecular weight is 1160 g/mol. The lowest BCUT2D eigenvalue weighted by atomic mass is 9.95. The van der Waals surface area contributed by atoms with Crippen molar-refractivity contribution >= 4 is 112 Å². The lowest BCUT2D eigenvalue weighted by molar-refractivity contribution is -0.145. The maximum Gasteiger partial charge on any atom is 0.333 e. The third-order valence-electron chi connectivity index (χ3n) is 15.1. The van der Waals surface area contributed by atoms with Crippen LogP contribution in [0.5, 0.6) is 23.0 Å². The first kappa shape index (κ1) is 59.2. The molecular weight excluding hydrogens is 1090 g/mol. The van der Waals surface area contributed by atoms with Crippen LogP contribution in [0.2, 0.25) is 74.5 Å². The minimum Gasteiger partial charge on any atom is -0.542 e. The molecule has 404 valence electrons. The highest BCUT2D eigenvalue weighted by atomic mass is 35.5. The molecule has 0 saturated carbocycles. The van der Waals surface area contributed by atoms with Gasteiger partial charge >= 0.3 is 5.97 Å². The summed E-state index contributed by atoms with van der Waals surface area (Å²) in [5.41, 5.74) is 2.52. The molecule has 2 aliphatic heterocycles. The molecule has 0 saturated heterocycles. The fourth-order valence-electron chi connectivity index (χ4n) is 7.44. The van der Waals surface area contributed by atoms with Gasteiger partial charge in [0.1, 0.15) is 23.6 Å². The number of benzene rings is 4. The molecule has 0 fully saturated rings. The number of ether oxygens (including phenoxy) is 1. The molecule has 14 nitrogen and oxygen atoms in total. The van der Waals surface area contributed by atoms with E-state index in [1.54, 1.807) is 18.3 Å². The van der Waals surface area contributed by atoms with Gasteiger partial charge in [-0.25, -0.2) is 4.79 Å². The fourth-order valence-corrected chi connectivity index (χ4v) is 11.7. The molecule has 2 aliphatic rings. The van der Waals surface area contributed by atoms with E-state index in [0.29, 0.717) is 39.1 Å². The van der Waals surface area contributed by atoms with E-state index < -0.39 is 78.3 Å². The number of rotatable bonds is 11. The molecular formula is C54H68Cl4N4O10Si3. The van der Waals surface area contributed by atoms with Crippen LogP contribution in [0.1, 0.15) is 101 Å². The number of phenols is 1. The van der Waals surface area contributed by atoms with E-state index in [2.05, 4.69) is 109 Å². The number of esters is 1. The number of ketones is 1. The van der Waals surface area contributed by atoms with E-state index in [1.165, 1.54) is 19.2 Å². The number of phenolic OH excluding ortho intramolecular Hbond substituents is 1. The molecule has 0 unspecified atom stereocenters. The van der Waals surface area contributed by atoms with Crippen molar-refractivity contribution in [2.75, 3.05) is 7.11 Å². The second-order valence-electron chi connectivity index (χ2n) is 23.6. The van der Waals surface area contributed by atoms with Gasteiger partial charge in [0, 0.05) is 34.6 Å². The summed E-state index contributed by atoms with van der Waals surface area (Å²) in [5.74, 6) is -4.49. The quantitative estimate of drug-likeness (QED) is 0.0368. The second kappa shape index (κ2) is 21.4. The molecule has 4 aromatic carbocycles. The number of hydrogen-bond acceptors (Lipinski definition) is 10. The highest BCUT2D eigenvalue weighted by molar-refractivity contribution is 6.76. The Labute approximate surface area is 462 Å². The lowest BCUT2D eigenvalue weighted by Crippen LogP contribution is -2.53. The summed E-state index contributed by atoms with van der Waals surface area (Å²) in [6, 6.07) is 9.42. The standard InChI is InChI=1S/C54H68Cl4N4O10Si3/c1-52(2,3)73(11,12)70-41-26-29-19-34(46(41)71-74(13,14)53(4,5)6)28-17-18-33-32(27-59-39(33)24-28)25-40(60-50(67)44(63)31-22-35(55)45(64)36(56)23-31)48(65)61-42(49(66)62-43(29)51(68)69-10)30-20-37(57)47(38(58)21-30)72-75(15,16)54(7,8)9/h17-24,26-27,40,42-43,59,64H,25H2,1-16H3,(H,60,67)(H,61,65)(H,62,66)/t40-,42-,43-/m1/s1. The van der Waals surface area contributed by atoms with Crippen molar-refractivity contribution in [2.24, 2.45) is 0 Å². The molecule has 3 amide bonds. The smallest absolute Gasteiger partial charge is 0.333 e. The topological polar surface area (TPSA) is 194 Å². The van der Waals surface area contributed by atoms with Crippen LogP contribution < -0.4 is 29.2 Å². The summed E-state index contributed by atoms with van der Waals surface area (Å²) in [5, 5.41) is 17.8. The largest absolute Gasteiger partial charge is 0.542 e. The van der Waals surface area contributed by atoms with Crippen LogP contribution in [0, 0.1) is 0 Å². The van der Waals surface area contributed by atoms with Crippen LogP contribution >= 0.6 is 46.4 Å². The molecule has 5 N–H and O–H groups in total. The van der Waals surface area contributed by atoms with Crippen molar-refractivity contribution in [1.29, 1.82) is 0 Å². The van der Waals surface area contributed by atoms with Gasteiger partial charge in [-0.1, -0.05) is 121 Å². The maximum atomic E-state index is 15.3. The zero-order chi connectivity index (χ0) is 56.3. The Hall–Kier alpha value is -5.02. The molecule has 75 heavy (non-hydrogen) atoms. The summed E-state index contributed by atoms with van der Waals surface area (Å²) in [4.78, 5) is 75.6. The minimum atomic E-state index is -2.68. The van der Waals surface area contributed by atoms with Gasteiger partial charge in [-0.3, -0.25) is 19.2 Å². The predicted octanol–water partition coefficient (Wildman–Crippen LogP) is 13.4. The van der Waals surface area contributed by atoms with Crippen LogP contribution in [0.15, 0.2) is 60.8 Å². The molecule has 7 rings (SSSR count). The summed E-state index contributed by atoms with van der Waals surface area (Å²) >= 11 is 26.3. The summed E-state index contributed by atoms with van der Waals surface area (Å²) in [6.07, 6.45) is 1.48. The molecule has 3 heterocycles. The molecule has 0 aliphatic carbocycles. The van der Waals surface area contributed by atoms with Gasteiger partial charge < -0.3 is 44.1 Å². The van der Waals surface area contributed by atoms with Crippen molar-refractivity contribution in [3.8, 4) is 34.1 Å². The third-order valence-corrected chi connectivity index (χ3v) is 29.3. The van der Waals surface area contributed by atoms with Crippen molar-refractivity contribution in [3.63, 3.8) is 0 Å². The van der Waals surface area contributed by atoms with Gasteiger partial charge in [0.25, 0.3) is 30.9 Å². The number of hydrogen-bond donors (Lipinski definition) is 5. The van der Waals surface area contributed by atoms with Crippen molar-refractivity contribution in [1.82, 2.24) is 20.9 Å². The van der Waals surface area contributed by atoms with E-state index in [1.807, 2.05) is 31.3 Å². The van der Waals surface area contributed by atoms with Crippen LogP contribution in [0.25, 0.3) is 22.0 Å². The highest BCUT2D eigenvalue weighted by Gasteiger charge is 2.45. The monoisotopic (exact) mass is 1160 g/mol. The number of aromatic hydroxyl groups is 1. The Balaban J connectivity index is 1.63. The zero-order valence-electron chi connectivity index (χ0n) is 45.3. The normalized spacial score (nSPS) is 17.1. The van der Waals surface area contributed by atoms with Crippen LogP contribution in [0.4, 0.5) is 0 Å². The molecule has 0 spiro atoms. The number of fused-ring (bicyclic) bond motifs is 8. The van der Waals surface area contributed by atoms with E-state index in [0.717, 1.165) is 12.1 Å². The van der Waals surface area contributed by atoms with Gasteiger partial charge in [0.05, 0.1) is 27.2 Å². The van der Waals surface area contributed by atoms with Crippen molar-refractivity contribution in [3.05, 3.63) is 103 Å². The van der Waals surface area contributed by atoms with Gasteiger partial charge in [-0.2, -0.15) is 0 Å². The molecule has 21 heteroatoms. The number of Topliss-reactive ketones (excluding diaryl/α,β-unsaturated/α-hetero) is 1. The van der Waals surface area contributed by atoms with E-state index in [-0.39, 0.29) is 64.1 Å². The molecule has 0 radical (unpaired) electrons. The Morgan fingerprint density at radius 1 is 0.667 bits per heavy atom. The van der Waals surface area contributed by atoms with Gasteiger partial charge in [0.2, 0.25) is 17.6 Å². The number of H-pyrrole nitrogens is 1. The second-order valence-corrected chi connectivity index (χ2v) is 39.4. The number of amides is 3. The minimum absolute atomic E-state index is 0.0369. The Morgan fingerprint density at radius 2 is 1.20 bits per heavy atom.